The van der Waals surface area contributed by atoms with Crippen LogP contribution < -0.4 is 4.74 Å². The number of ether oxygens (including phenoxy) is 1. The van der Waals surface area contributed by atoms with Gasteiger partial charge in [0.05, 0.1) is 7.11 Å². The average Bonchev–Trinajstić information content (AvgIpc) is 3.06. The number of nitrogens with zero attached hydrogens (tertiary/aromatic N) is 3. The number of methoxy groups -OCH3 is 1. The molecule has 1 aromatic carbocycles. The molecule has 0 spiro atoms. The summed E-state index contributed by atoms with van der Waals surface area (Å²) in [5.74, 6) is 5.38. The van der Waals surface area contributed by atoms with Crippen molar-refractivity contribution in [1.82, 2.24) is 4.31 Å². The maximum absolute atomic E-state index is 5.33. The summed E-state index contributed by atoms with van der Waals surface area (Å²) in [5, 5.41) is 0. The second-order valence-corrected chi connectivity index (χ2v) is 8.35. The van der Waals surface area contributed by atoms with Crippen LogP contribution in [0.3, 0.4) is 0 Å². The minimum atomic E-state index is -0.0445. The fourth-order valence-corrected chi connectivity index (χ4v) is 5.23. The Hall–Kier alpha value is -1.43. The predicted molar refractivity (Wildman–Crippen MR) is 123 cm³/mol. The summed E-state index contributed by atoms with van der Waals surface area (Å²) in [6.07, 6.45) is 5.92. The number of aryl methyl sites for hydroxylation is 2. The van der Waals surface area contributed by atoms with E-state index in [1.54, 1.807) is 19.4 Å². The maximum atomic E-state index is 5.33. The van der Waals surface area contributed by atoms with Gasteiger partial charge in [-0.3, -0.25) is 9.98 Å². The molecule has 0 bridgehead atoms. The summed E-state index contributed by atoms with van der Waals surface area (Å²) in [6, 6.07) is 5.20. The van der Waals surface area contributed by atoms with Crippen molar-refractivity contribution in [2.45, 2.75) is 51.5 Å². The molecule has 2 atom stereocenters. The molecule has 27 heavy (non-hydrogen) atoms. The second kappa shape index (κ2) is 12.1. The molecular weight excluding hydrogens is 378 g/mol. The molecule has 6 heteroatoms. The van der Waals surface area contributed by atoms with Crippen molar-refractivity contribution in [3.63, 3.8) is 0 Å². The lowest BCUT2D eigenvalue weighted by Crippen LogP contribution is -2.21. The summed E-state index contributed by atoms with van der Waals surface area (Å²) in [6.45, 7) is 12.9. The summed E-state index contributed by atoms with van der Waals surface area (Å²) in [7, 11) is 1.68. The zero-order valence-electron chi connectivity index (χ0n) is 17.2. The van der Waals surface area contributed by atoms with Crippen LogP contribution in [0.25, 0.3) is 0 Å². The fraction of sp³-hybridized carbons (Fsp3) is 0.476. The van der Waals surface area contributed by atoms with E-state index in [0.29, 0.717) is 12.0 Å². The van der Waals surface area contributed by atoms with Gasteiger partial charge in [-0.15, -0.1) is 11.6 Å². The molecule has 0 amide bonds. The third kappa shape index (κ3) is 7.24. The zero-order chi connectivity index (χ0) is 20.4. The molecule has 1 aliphatic heterocycles. The smallest absolute Gasteiger partial charge is 0.119 e. The number of benzene rings is 1. The summed E-state index contributed by atoms with van der Waals surface area (Å²) < 4.78 is 7.87. The van der Waals surface area contributed by atoms with Gasteiger partial charge in [0.2, 0.25) is 0 Å². The molecule has 150 valence electrons. The Balaban J connectivity index is 0.000000345. The van der Waals surface area contributed by atoms with Crippen LogP contribution in [-0.2, 0) is 0 Å². The number of rotatable bonds is 6. The number of alkyl halides is 1. The van der Waals surface area contributed by atoms with E-state index in [1.807, 2.05) is 6.92 Å². The highest BCUT2D eigenvalue weighted by Gasteiger charge is 2.24. The molecule has 0 saturated carbocycles. The van der Waals surface area contributed by atoms with Crippen LogP contribution in [0.15, 0.2) is 39.3 Å². The van der Waals surface area contributed by atoms with Crippen molar-refractivity contribution in [1.29, 1.82) is 0 Å². The molecule has 1 heterocycles. The third-order valence-electron chi connectivity index (χ3n) is 4.41. The Morgan fingerprint density at radius 2 is 2.04 bits per heavy atom. The highest BCUT2D eigenvalue weighted by atomic mass is 35.5. The molecule has 1 fully saturated rings. The second-order valence-electron chi connectivity index (χ2n) is 6.50. The van der Waals surface area contributed by atoms with Gasteiger partial charge in [-0.2, -0.15) is 0 Å². The van der Waals surface area contributed by atoms with Crippen LogP contribution in [0.5, 0.6) is 5.75 Å². The molecule has 1 aliphatic rings. The van der Waals surface area contributed by atoms with Gasteiger partial charge in [-0.25, -0.2) is 4.31 Å². The number of halogens is 1. The standard InChI is InChI=1S/C15H23NOS.C6H9ClN2/c1-11-9-14(17-4)10-12(2)15(11)18(5)16-8-6-7-13(16)3;1-6(9-5-7)3-4-8-2/h9-10,13H,5-8H2,1-4H3;3-4H,2,5H2,1H3/b;4-3-,9-6-/t13-,18?;/m1./s1. The van der Waals surface area contributed by atoms with Crippen LogP contribution in [0.2, 0.25) is 0 Å². The average molecular weight is 410 g/mol. The first-order valence-electron chi connectivity index (χ1n) is 9.01. The van der Waals surface area contributed by atoms with Crippen LogP contribution in [-0.4, -0.2) is 48.3 Å². The first-order valence-corrected chi connectivity index (χ1v) is 10.9. The number of hydrogen-bond donors (Lipinski definition) is 0. The predicted octanol–water partition coefficient (Wildman–Crippen LogP) is 5.63. The first kappa shape index (κ1) is 23.6. The largest absolute Gasteiger partial charge is 0.497 e. The maximum Gasteiger partial charge on any atom is 0.119 e. The summed E-state index contributed by atoms with van der Waals surface area (Å²) in [4.78, 5) is 8.77. The Morgan fingerprint density at radius 1 is 1.41 bits per heavy atom. The first-order chi connectivity index (χ1) is 12.8. The molecule has 0 radical (unpaired) electrons. The summed E-state index contributed by atoms with van der Waals surface area (Å²) in [5.41, 5.74) is 3.45. The van der Waals surface area contributed by atoms with Gasteiger partial charge in [0.1, 0.15) is 11.8 Å². The van der Waals surface area contributed by atoms with Crippen molar-refractivity contribution >= 4 is 40.6 Å². The quantitative estimate of drug-likeness (QED) is 0.264. The topological polar surface area (TPSA) is 37.2 Å². The highest BCUT2D eigenvalue weighted by Crippen LogP contribution is 2.40. The lowest BCUT2D eigenvalue weighted by molar-refractivity contribution is 0.413. The molecule has 2 rings (SSSR count). The molecule has 0 aliphatic carbocycles. The molecule has 1 unspecified atom stereocenters. The van der Waals surface area contributed by atoms with Crippen molar-refractivity contribution in [2.75, 3.05) is 19.7 Å². The third-order valence-corrected chi connectivity index (χ3v) is 6.75. The summed E-state index contributed by atoms with van der Waals surface area (Å²) >= 11 is 5.31. The van der Waals surface area contributed by atoms with Crippen LogP contribution >= 0.6 is 22.3 Å². The van der Waals surface area contributed by atoms with Crippen LogP contribution in [0.1, 0.15) is 37.8 Å². The van der Waals surface area contributed by atoms with E-state index < -0.39 is 0 Å². The lowest BCUT2D eigenvalue weighted by atomic mass is 10.1. The van der Waals surface area contributed by atoms with Crippen LogP contribution in [0, 0.1) is 13.8 Å². The normalized spacial score (nSPS) is 18.9. The van der Waals surface area contributed by atoms with Crippen molar-refractivity contribution in [3.8, 4) is 5.75 Å². The van der Waals surface area contributed by atoms with E-state index in [2.05, 4.69) is 59.8 Å². The monoisotopic (exact) mass is 409 g/mol. The Bertz CT molecular complexity index is 692. The zero-order valence-corrected chi connectivity index (χ0v) is 18.7. The van der Waals surface area contributed by atoms with E-state index in [0.717, 1.165) is 11.5 Å². The Morgan fingerprint density at radius 3 is 2.48 bits per heavy atom. The van der Waals surface area contributed by atoms with Crippen LogP contribution in [0.4, 0.5) is 0 Å². The van der Waals surface area contributed by atoms with E-state index in [-0.39, 0.29) is 10.7 Å². The molecule has 0 aromatic heterocycles. The Kier molecular flexibility index (Phi) is 10.6. The van der Waals surface area contributed by atoms with Crippen molar-refractivity contribution < 1.29 is 4.74 Å². The molecular formula is C21H32ClN3OS. The number of allylic oxidation sites excluding steroid dienone is 1. The minimum Gasteiger partial charge on any atom is -0.497 e. The minimum absolute atomic E-state index is 0.0445. The van der Waals surface area contributed by atoms with Crippen molar-refractivity contribution in [3.05, 3.63) is 35.5 Å². The Labute approximate surface area is 172 Å². The van der Waals surface area contributed by atoms with Gasteiger partial charge in [0.25, 0.3) is 0 Å². The molecule has 1 aromatic rings. The van der Waals surface area contributed by atoms with E-state index in [9.17, 15) is 0 Å². The lowest BCUT2D eigenvalue weighted by Gasteiger charge is -2.27. The van der Waals surface area contributed by atoms with E-state index >= 15 is 0 Å². The van der Waals surface area contributed by atoms with Gasteiger partial charge < -0.3 is 4.74 Å². The van der Waals surface area contributed by atoms with Gasteiger partial charge in [-0.05, 0) is 76.6 Å². The molecule has 4 nitrogen and oxygen atoms in total. The van der Waals surface area contributed by atoms with Gasteiger partial charge >= 0.3 is 0 Å². The molecule has 1 saturated heterocycles. The molecule has 0 N–H and O–H groups in total. The SMILES string of the molecule is C=N/C=C\C(C)=N/CCl.C=S(c1c(C)cc(OC)cc1C)N1CCC[C@H]1C. The fourth-order valence-electron chi connectivity index (χ4n) is 3.06. The van der Waals surface area contributed by atoms with E-state index in [1.165, 1.54) is 35.4 Å². The van der Waals surface area contributed by atoms with Gasteiger partial charge in [-0.1, -0.05) is 16.5 Å². The van der Waals surface area contributed by atoms with E-state index in [4.69, 9.17) is 16.3 Å². The number of aliphatic imine (C=N–C) groups is 2. The number of hydrogen-bond acceptors (Lipinski definition) is 4. The van der Waals surface area contributed by atoms with Crippen molar-refractivity contribution in [2.24, 2.45) is 9.98 Å². The van der Waals surface area contributed by atoms with Gasteiger partial charge in [0, 0.05) is 29.4 Å². The van der Waals surface area contributed by atoms with Gasteiger partial charge in [0.15, 0.2) is 0 Å². The highest BCUT2D eigenvalue weighted by molar-refractivity contribution is 8.12.